The molecule has 1 aromatic heterocycles. The van der Waals surface area contributed by atoms with Crippen LogP contribution in [0.25, 0.3) is 0 Å². The van der Waals surface area contributed by atoms with Crippen molar-refractivity contribution in [1.82, 2.24) is 14.8 Å². The van der Waals surface area contributed by atoms with Gasteiger partial charge < -0.3 is 15.2 Å². The van der Waals surface area contributed by atoms with Crippen molar-refractivity contribution < 1.29 is 22.8 Å². The van der Waals surface area contributed by atoms with E-state index >= 15 is 0 Å². The van der Waals surface area contributed by atoms with Crippen molar-refractivity contribution in [2.24, 2.45) is 0 Å². The lowest BCUT2D eigenvalue weighted by Crippen LogP contribution is -2.18. The second-order valence-electron chi connectivity index (χ2n) is 6.34. The quantitative estimate of drug-likeness (QED) is 0.513. The van der Waals surface area contributed by atoms with Crippen LogP contribution >= 0.6 is 11.8 Å². The van der Waals surface area contributed by atoms with E-state index in [2.05, 4.69) is 20.8 Å². The molecule has 0 aliphatic heterocycles. The van der Waals surface area contributed by atoms with Gasteiger partial charge >= 0.3 is 0 Å². The van der Waals surface area contributed by atoms with Crippen molar-refractivity contribution in [2.45, 2.75) is 25.0 Å². The first-order valence-electron chi connectivity index (χ1n) is 9.21. The Bertz CT molecular complexity index is 1090. The first kappa shape index (κ1) is 22.3. The maximum absolute atomic E-state index is 13.2. The number of carbonyl (C=O) groups excluding carboxylic acids is 2. The number of hydrogen-bond donors (Lipinski definition) is 2. The molecule has 0 bridgehead atoms. The van der Waals surface area contributed by atoms with Gasteiger partial charge in [0.25, 0.3) is 0 Å². The number of halogens is 3. The van der Waals surface area contributed by atoms with Crippen LogP contribution in [0.4, 0.5) is 24.5 Å². The Balaban J connectivity index is 1.57. The Morgan fingerprint density at radius 3 is 2.29 bits per heavy atom. The number of nitrogens with zero attached hydrogens (tertiary/aromatic N) is 3. The lowest BCUT2D eigenvalue weighted by molar-refractivity contribution is -0.116. The van der Waals surface area contributed by atoms with Gasteiger partial charge in [-0.05, 0) is 43.3 Å². The van der Waals surface area contributed by atoms with Gasteiger partial charge in [0, 0.05) is 24.0 Å². The highest BCUT2D eigenvalue weighted by molar-refractivity contribution is 7.99. The zero-order chi connectivity index (χ0) is 22.4. The van der Waals surface area contributed by atoms with E-state index in [1.807, 2.05) is 6.92 Å². The van der Waals surface area contributed by atoms with E-state index in [1.165, 1.54) is 30.3 Å². The maximum Gasteiger partial charge on any atom is 0.234 e. The van der Waals surface area contributed by atoms with Gasteiger partial charge in [-0.2, -0.15) is 0 Å². The molecular weight excluding hydrogens is 431 g/mol. The van der Waals surface area contributed by atoms with Gasteiger partial charge in [-0.1, -0.05) is 11.8 Å². The minimum absolute atomic E-state index is 0.0428. The summed E-state index contributed by atoms with van der Waals surface area (Å²) in [5.74, 6) is -2.87. The minimum atomic E-state index is -1.06. The molecule has 162 valence electrons. The van der Waals surface area contributed by atoms with Gasteiger partial charge in [0.05, 0.1) is 12.2 Å². The molecule has 3 rings (SSSR count). The Morgan fingerprint density at radius 1 is 0.935 bits per heavy atom. The highest BCUT2D eigenvalue weighted by Gasteiger charge is 2.16. The fraction of sp³-hybridized carbons (Fsp3) is 0.200. The zero-order valence-corrected chi connectivity index (χ0v) is 17.2. The fourth-order valence-corrected chi connectivity index (χ4v) is 3.48. The van der Waals surface area contributed by atoms with Crippen molar-refractivity contribution in [3.8, 4) is 0 Å². The minimum Gasteiger partial charge on any atom is -0.326 e. The van der Waals surface area contributed by atoms with Gasteiger partial charge in [-0.25, -0.2) is 13.2 Å². The van der Waals surface area contributed by atoms with Gasteiger partial charge in [0.1, 0.15) is 11.6 Å². The fourth-order valence-electron chi connectivity index (χ4n) is 2.66. The summed E-state index contributed by atoms with van der Waals surface area (Å²) in [7, 11) is 0. The molecule has 7 nitrogen and oxygen atoms in total. The standard InChI is InChI=1S/C20H18F3N5O2S/c1-2-28-17(10-18(29)24-13-5-3-12(21)4-6-13)26-27-20(28)31-11-19(30)25-14-7-8-15(22)16(23)9-14/h3-9H,2,10-11H2,1H3,(H,24,29)(H,25,30). The van der Waals surface area contributed by atoms with Crippen LogP contribution < -0.4 is 10.6 Å². The lowest BCUT2D eigenvalue weighted by Gasteiger charge is -2.08. The number of hydrogen-bond acceptors (Lipinski definition) is 5. The van der Waals surface area contributed by atoms with E-state index in [0.29, 0.717) is 23.2 Å². The van der Waals surface area contributed by atoms with Crippen molar-refractivity contribution >= 4 is 35.0 Å². The van der Waals surface area contributed by atoms with E-state index in [4.69, 9.17) is 0 Å². The van der Waals surface area contributed by atoms with Crippen LogP contribution in [0.15, 0.2) is 47.6 Å². The topological polar surface area (TPSA) is 88.9 Å². The van der Waals surface area contributed by atoms with Crippen LogP contribution in [0.5, 0.6) is 0 Å². The van der Waals surface area contributed by atoms with Crippen LogP contribution in [-0.4, -0.2) is 32.3 Å². The molecule has 2 N–H and O–H groups in total. The van der Waals surface area contributed by atoms with E-state index in [0.717, 1.165) is 23.9 Å². The molecule has 0 saturated carbocycles. The molecule has 0 spiro atoms. The number of benzene rings is 2. The third-order valence-corrected chi connectivity index (χ3v) is 5.06. The molecule has 0 atom stereocenters. The molecule has 0 unspecified atom stereocenters. The highest BCUT2D eigenvalue weighted by atomic mass is 32.2. The molecule has 11 heteroatoms. The molecule has 2 amide bonds. The Hall–Kier alpha value is -3.34. The van der Waals surface area contributed by atoms with Crippen molar-refractivity contribution in [3.05, 3.63) is 65.7 Å². The average molecular weight is 449 g/mol. The van der Waals surface area contributed by atoms with Gasteiger partial charge in [-0.15, -0.1) is 10.2 Å². The summed E-state index contributed by atoms with van der Waals surface area (Å²) in [5, 5.41) is 13.6. The molecule has 0 aliphatic rings. The predicted molar refractivity (Wildman–Crippen MR) is 110 cm³/mol. The summed E-state index contributed by atoms with van der Waals surface area (Å²) in [6.07, 6.45) is -0.0557. The van der Waals surface area contributed by atoms with Gasteiger partial charge in [0.2, 0.25) is 11.8 Å². The highest BCUT2D eigenvalue weighted by Crippen LogP contribution is 2.19. The Labute approximate surface area is 180 Å². The van der Waals surface area contributed by atoms with E-state index in [-0.39, 0.29) is 23.8 Å². The number of carbonyl (C=O) groups is 2. The second-order valence-corrected chi connectivity index (χ2v) is 7.28. The smallest absolute Gasteiger partial charge is 0.234 e. The summed E-state index contributed by atoms with van der Waals surface area (Å²) in [6.45, 7) is 2.31. The largest absolute Gasteiger partial charge is 0.326 e. The zero-order valence-electron chi connectivity index (χ0n) is 16.4. The lowest BCUT2D eigenvalue weighted by atomic mass is 10.3. The molecule has 3 aromatic rings. The molecule has 2 aromatic carbocycles. The number of rotatable bonds is 8. The van der Waals surface area contributed by atoms with E-state index in [9.17, 15) is 22.8 Å². The first-order chi connectivity index (χ1) is 14.9. The Kier molecular flexibility index (Phi) is 7.29. The normalized spacial score (nSPS) is 10.7. The summed E-state index contributed by atoms with van der Waals surface area (Å²) in [4.78, 5) is 24.3. The third kappa shape index (κ3) is 6.07. The molecule has 0 saturated heterocycles. The molecule has 31 heavy (non-hydrogen) atoms. The monoisotopic (exact) mass is 449 g/mol. The van der Waals surface area contributed by atoms with Gasteiger partial charge in [0.15, 0.2) is 16.8 Å². The van der Waals surface area contributed by atoms with Crippen molar-refractivity contribution in [3.63, 3.8) is 0 Å². The van der Waals surface area contributed by atoms with Crippen molar-refractivity contribution in [2.75, 3.05) is 16.4 Å². The summed E-state index contributed by atoms with van der Waals surface area (Å²) in [6, 6.07) is 8.45. The maximum atomic E-state index is 13.2. The van der Waals surface area contributed by atoms with E-state index in [1.54, 1.807) is 4.57 Å². The number of nitrogens with one attached hydrogen (secondary N) is 2. The van der Waals surface area contributed by atoms with Crippen molar-refractivity contribution in [1.29, 1.82) is 0 Å². The second kappa shape index (κ2) is 10.1. The Morgan fingerprint density at radius 2 is 1.61 bits per heavy atom. The van der Waals surface area contributed by atoms with Gasteiger partial charge in [-0.3, -0.25) is 9.59 Å². The van der Waals surface area contributed by atoms with Crippen LogP contribution in [0.3, 0.4) is 0 Å². The molecule has 0 fully saturated rings. The summed E-state index contributed by atoms with van der Waals surface area (Å²) in [5.41, 5.74) is 0.595. The molecule has 0 radical (unpaired) electrons. The van der Waals surface area contributed by atoms with E-state index < -0.39 is 23.4 Å². The number of thioether (sulfide) groups is 1. The van der Waals surface area contributed by atoms with Crippen LogP contribution in [0, 0.1) is 17.5 Å². The molecule has 1 heterocycles. The number of aromatic nitrogens is 3. The summed E-state index contributed by atoms with van der Waals surface area (Å²) >= 11 is 1.10. The average Bonchev–Trinajstić information content (AvgIpc) is 3.12. The molecular formula is C20H18F3N5O2S. The third-order valence-electron chi connectivity index (χ3n) is 4.09. The number of anilines is 2. The van der Waals surface area contributed by atoms with Crippen LogP contribution in [0.2, 0.25) is 0 Å². The number of amides is 2. The predicted octanol–water partition coefficient (Wildman–Crippen LogP) is 3.63. The SMILES string of the molecule is CCn1c(CC(=O)Nc2ccc(F)cc2)nnc1SCC(=O)Nc1ccc(F)c(F)c1. The first-order valence-corrected chi connectivity index (χ1v) is 10.2. The summed E-state index contributed by atoms with van der Waals surface area (Å²) < 4.78 is 40.9. The molecule has 0 aliphatic carbocycles. The van der Waals surface area contributed by atoms with Crippen LogP contribution in [-0.2, 0) is 22.6 Å². The van der Waals surface area contributed by atoms with Crippen LogP contribution in [0.1, 0.15) is 12.7 Å².